The molecule has 0 aliphatic heterocycles. The normalized spacial score (nSPS) is 12.0. The van der Waals surface area contributed by atoms with Crippen molar-refractivity contribution in [2.75, 3.05) is 13.2 Å². The maximum absolute atomic E-state index is 12.0. The lowest BCUT2D eigenvalue weighted by Gasteiger charge is -2.09. The number of ether oxygens (including phenoxy) is 2. The van der Waals surface area contributed by atoms with Crippen LogP contribution in [0.5, 0.6) is 5.75 Å². The monoisotopic (exact) mass is 350 g/mol. The van der Waals surface area contributed by atoms with Crippen LogP contribution in [0.1, 0.15) is 27.7 Å². The van der Waals surface area contributed by atoms with Gasteiger partial charge in [-0.05, 0) is 26.0 Å². The van der Waals surface area contributed by atoms with Gasteiger partial charge in [0.25, 0.3) is 5.91 Å². The predicted molar refractivity (Wildman–Crippen MR) is 93.0 cm³/mol. The number of aromatic nitrogens is 1. The third-order valence-electron chi connectivity index (χ3n) is 3.26. The largest absolute Gasteiger partial charge is 0.492 e. The summed E-state index contributed by atoms with van der Waals surface area (Å²) in [5.74, 6) is -0.148. The second-order valence-electron chi connectivity index (χ2n) is 5.42. The topological polar surface area (TPSA) is 69.9 Å². The quantitative estimate of drug-likeness (QED) is 0.751. The Kier molecular flexibility index (Phi) is 6.14. The molecule has 2 aromatic rings. The molecule has 0 saturated heterocycles. The Bertz CT molecular complexity index is 805. The highest BCUT2D eigenvalue weighted by atomic mass is 32.1. The Morgan fingerprint density at radius 1 is 1.25 bits per heavy atom. The summed E-state index contributed by atoms with van der Waals surface area (Å²) >= 11 is 1.36. The summed E-state index contributed by atoms with van der Waals surface area (Å²) in [4.78, 5) is 28.7. The SMILES string of the molecule is CCOC(=O)Cn1c(=NC(=O)C(C)C)sc2cccc(OCC)c21. The van der Waals surface area contributed by atoms with Gasteiger partial charge in [0.15, 0.2) is 4.80 Å². The standard InChI is InChI=1S/C17H22N2O4S/c1-5-22-12-8-7-9-13-15(12)19(10-14(20)23-6-2)17(24-13)18-16(21)11(3)4/h7-9,11H,5-6,10H2,1-4H3. The van der Waals surface area contributed by atoms with E-state index in [1.807, 2.05) is 25.1 Å². The van der Waals surface area contributed by atoms with E-state index in [0.29, 0.717) is 23.8 Å². The summed E-state index contributed by atoms with van der Waals surface area (Å²) in [6, 6.07) is 5.64. The van der Waals surface area contributed by atoms with Crippen molar-refractivity contribution in [1.29, 1.82) is 0 Å². The number of nitrogens with zero attached hydrogens (tertiary/aromatic N) is 2. The van der Waals surface area contributed by atoms with Crippen molar-refractivity contribution in [1.82, 2.24) is 4.57 Å². The van der Waals surface area contributed by atoms with E-state index in [2.05, 4.69) is 4.99 Å². The van der Waals surface area contributed by atoms with Crippen LogP contribution in [-0.2, 0) is 20.9 Å². The zero-order chi connectivity index (χ0) is 17.7. The third kappa shape index (κ3) is 4.03. The Hall–Kier alpha value is -2.15. The molecule has 6 nitrogen and oxygen atoms in total. The summed E-state index contributed by atoms with van der Waals surface area (Å²) in [6.45, 7) is 8.04. The molecule has 0 saturated carbocycles. The molecule has 0 unspecified atom stereocenters. The van der Waals surface area contributed by atoms with Gasteiger partial charge in [-0.25, -0.2) is 0 Å². The number of benzene rings is 1. The number of thiazole rings is 1. The van der Waals surface area contributed by atoms with E-state index < -0.39 is 0 Å². The van der Waals surface area contributed by atoms with E-state index in [4.69, 9.17) is 9.47 Å². The molecule has 0 N–H and O–H groups in total. The summed E-state index contributed by atoms with van der Waals surface area (Å²) in [6.07, 6.45) is 0. The van der Waals surface area contributed by atoms with Crippen LogP contribution in [0.4, 0.5) is 0 Å². The molecule has 24 heavy (non-hydrogen) atoms. The van der Waals surface area contributed by atoms with Crippen molar-refractivity contribution >= 4 is 33.4 Å². The molecule has 0 radical (unpaired) electrons. The van der Waals surface area contributed by atoms with Gasteiger partial charge in [-0.2, -0.15) is 4.99 Å². The first-order valence-electron chi connectivity index (χ1n) is 7.97. The molecule has 0 atom stereocenters. The molecule has 1 aromatic heterocycles. The molecule has 0 aliphatic carbocycles. The van der Waals surface area contributed by atoms with Crippen molar-refractivity contribution in [2.24, 2.45) is 10.9 Å². The van der Waals surface area contributed by atoms with Gasteiger partial charge in [0.05, 0.1) is 17.9 Å². The average Bonchev–Trinajstić information content (AvgIpc) is 2.86. The fourth-order valence-corrected chi connectivity index (χ4v) is 3.21. The molecule has 130 valence electrons. The zero-order valence-electron chi connectivity index (χ0n) is 14.4. The van der Waals surface area contributed by atoms with E-state index in [0.717, 1.165) is 10.2 Å². The van der Waals surface area contributed by atoms with Gasteiger partial charge in [0.1, 0.15) is 17.8 Å². The van der Waals surface area contributed by atoms with Crippen LogP contribution < -0.4 is 9.54 Å². The van der Waals surface area contributed by atoms with Crippen LogP contribution in [0.25, 0.3) is 10.2 Å². The minimum absolute atomic E-state index is 0.0118. The van der Waals surface area contributed by atoms with Gasteiger partial charge < -0.3 is 14.0 Å². The van der Waals surface area contributed by atoms with E-state index in [-0.39, 0.29) is 24.3 Å². The van der Waals surface area contributed by atoms with Crippen molar-refractivity contribution in [3.8, 4) is 5.75 Å². The number of fused-ring (bicyclic) bond motifs is 1. The molecule has 0 bridgehead atoms. The number of rotatable bonds is 6. The van der Waals surface area contributed by atoms with E-state index in [1.165, 1.54) is 11.3 Å². The Morgan fingerprint density at radius 3 is 2.62 bits per heavy atom. The number of para-hydroxylation sites is 1. The van der Waals surface area contributed by atoms with Gasteiger partial charge in [-0.3, -0.25) is 9.59 Å². The Labute approximate surface area is 144 Å². The Morgan fingerprint density at radius 2 is 2.00 bits per heavy atom. The lowest BCUT2D eigenvalue weighted by Crippen LogP contribution is -2.24. The lowest BCUT2D eigenvalue weighted by atomic mass is 10.2. The van der Waals surface area contributed by atoms with Gasteiger partial charge in [0.2, 0.25) is 0 Å². The first kappa shape index (κ1) is 18.2. The lowest BCUT2D eigenvalue weighted by molar-refractivity contribution is -0.143. The van der Waals surface area contributed by atoms with Gasteiger partial charge in [0, 0.05) is 5.92 Å². The number of amides is 1. The molecular weight excluding hydrogens is 328 g/mol. The van der Waals surface area contributed by atoms with Gasteiger partial charge in [-0.15, -0.1) is 0 Å². The molecule has 7 heteroatoms. The first-order chi connectivity index (χ1) is 11.5. The summed E-state index contributed by atoms with van der Waals surface area (Å²) in [5, 5.41) is 0. The summed E-state index contributed by atoms with van der Waals surface area (Å²) < 4.78 is 13.3. The highest BCUT2D eigenvalue weighted by molar-refractivity contribution is 7.16. The maximum atomic E-state index is 12.0. The highest BCUT2D eigenvalue weighted by Crippen LogP contribution is 2.27. The number of carbonyl (C=O) groups is 2. The third-order valence-corrected chi connectivity index (χ3v) is 4.30. The second kappa shape index (κ2) is 8.10. The van der Waals surface area contributed by atoms with Crippen LogP contribution in [0.15, 0.2) is 23.2 Å². The number of carbonyl (C=O) groups excluding carboxylic acids is 2. The minimum Gasteiger partial charge on any atom is -0.492 e. The summed E-state index contributed by atoms with van der Waals surface area (Å²) in [7, 11) is 0. The van der Waals surface area contributed by atoms with Crippen molar-refractivity contribution in [2.45, 2.75) is 34.2 Å². The zero-order valence-corrected chi connectivity index (χ0v) is 15.2. The van der Waals surface area contributed by atoms with Crippen LogP contribution in [0.2, 0.25) is 0 Å². The smallest absolute Gasteiger partial charge is 0.326 e. The molecule has 0 spiro atoms. The van der Waals surface area contributed by atoms with Crippen LogP contribution in [-0.4, -0.2) is 29.7 Å². The number of esters is 1. The molecule has 0 fully saturated rings. The minimum atomic E-state index is -0.373. The molecule has 1 aromatic carbocycles. The van der Waals surface area contributed by atoms with E-state index in [9.17, 15) is 9.59 Å². The van der Waals surface area contributed by atoms with Crippen molar-refractivity contribution in [3.05, 3.63) is 23.0 Å². The van der Waals surface area contributed by atoms with Crippen molar-refractivity contribution < 1.29 is 19.1 Å². The van der Waals surface area contributed by atoms with Gasteiger partial charge in [-0.1, -0.05) is 31.3 Å². The van der Waals surface area contributed by atoms with E-state index >= 15 is 0 Å². The highest BCUT2D eigenvalue weighted by Gasteiger charge is 2.16. The van der Waals surface area contributed by atoms with E-state index in [1.54, 1.807) is 25.3 Å². The summed E-state index contributed by atoms with van der Waals surface area (Å²) in [5.41, 5.74) is 0.757. The fourth-order valence-electron chi connectivity index (χ4n) is 2.16. The fraction of sp³-hybridized carbons (Fsp3) is 0.471. The number of hydrogen-bond acceptors (Lipinski definition) is 5. The van der Waals surface area contributed by atoms with Crippen LogP contribution in [0, 0.1) is 5.92 Å². The van der Waals surface area contributed by atoms with Crippen LogP contribution in [0.3, 0.4) is 0 Å². The molecule has 1 amide bonds. The van der Waals surface area contributed by atoms with Gasteiger partial charge >= 0.3 is 5.97 Å². The second-order valence-corrected chi connectivity index (χ2v) is 6.43. The molecular formula is C17H22N2O4S. The van der Waals surface area contributed by atoms with Crippen molar-refractivity contribution in [3.63, 3.8) is 0 Å². The molecule has 1 heterocycles. The molecule has 2 rings (SSSR count). The first-order valence-corrected chi connectivity index (χ1v) is 8.78. The Balaban J connectivity index is 2.66. The average molecular weight is 350 g/mol. The predicted octanol–water partition coefficient (Wildman–Crippen LogP) is 2.75. The molecule has 0 aliphatic rings. The number of hydrogen-bond donors (Lipinski definition) is 0. The van der Waals surface area contributed by atoms with Crippen LogP contribution >= 0.6 is 11.3 Å². The maximum Gasteiger partial charge on any atom is 0.326 e.